The van der Waals surface area contributed by atoms with Crippen LogP contribution >= 0.6 is 11.3 Å². The predicted octanol–water partition coefficient (Wildman–Crippen LogP) is 2.73. The van der Waals surface area contributed by atoms with Gasteiger partial charge in [-0.15, -0.1) is 11.3 Å². The van der Waals surface area contributed by atoms with Crippen LogP contribution in [0.2, 0.25) is 0 Å². The normalized spacial score (nSPS) is 17.3. The van der Waals surface area contributed by atoms with Crippen molar-refractivity contribution in [2.75, 3.05) is 30.0 Å². The number of hydrogen-bond donors (Lipinski definition) is 1. The van der Waals surface area contributed by atoms with Gasteiger partial charge in [-0.05, 0) is 18.4 Å². The third kappa shape index (κ3) is 6.76. The summed E-state index contributed by atoms with van der Waals surface area (Å²) in [4.78, 5) is 30.8. The number of hydrogen-bond acceptors (Lipinski definition) is 8. The fourth-order valence-electron chi connectivity index (χ4n) is 3.37. The number of sulfone groups is 1. The Morgan fingerprint density at radius 3 is 2.74 bits per heavy atom. The lowest BCUT2D eigenvalue weighted by atomic mass is 10.2. The standard InChI is InChI=1S/C21H27N3O5S2/c1-2-3-10-24(17-9-11-31(27,28)15-17)19(25)13-29-20(26)18-14-30-21(23-18)22-12-16-7-5-4-6-8-16/h4-8,14,17H,2-3,9-13,15H2,1H3,(H,22,23). The summed E-state index contributed by atoms with van der Waals surface area (Å²) in [5, 5.41) is 5.32. The third-order valence-corrected chi connectivity index (χ3v) is 7.60. The molecule has 1 fully saturated rings. The second kappa shape index (κ2) is 10.7. The van der Waals surface area contributed by atoms with E-state index in [1.807, 2.05) is 37.3 Å². The van der Waals surface area contributed by atoms with Gasteiger partial charge in [-0.2, -0.15) is 0 Å². The second-order valence-electron chi connectivity index (χ2n) is 7.45. The van der Waals surface area contributed by atoms with Crippen molar-refractivity contribution in [1.29, 1.82) is 0 Å². The Morgan fingerprint density at radius 2 is 2.06 bits per heavy atom. The topological polar surface area (TPSA) is 106 Å². The SMILES string of the molecule is CCCCN(C(=O)COC(=O)c1csc(NCc2ccccc2)n1)C1CCS(=O)(=O)C1. The van der Waals surface area contributed by atoms with E-state index in [9.17, 15) is 18.0 Å². The fraction of sp³-hybridized carbons (Fsp3) is 0.476. The van der Waals surface area contributed by atoms with Crippen molar-refractivity contribution >= 4 is 38.2 Å². The highest BCUT2D eigenvalue weighted by atomic mass is 32.2. The summed E-state index contributed by atoms with van der Waals surface area (Å²) >= 11 is 1.28. The third-order valence-electron chi connectivity index (χ3n) is 5.05. The Hall–Kier alpha value is -2.46. The first-order chi connectivity index (χ1) is 14.9. The maximum absolute atomic E-state index is 12.7. The van der Waals surface area contributed by atoms with E-state index in [0.29, 0.717) is 24.6 Å². The molecule has 1 saturated heterocycles. The second-order valence-corrected chi connectivity index (χ2v) is 10.5. The highest BCUT2D eigenvalue weighted by Gasteiger charge is 2.34. The average molecular weight is 466 g/mol. The van der Waals surface area contributed by atoms with Crippen LogP contribution in [-0.4, -0.2) is 60.9 Å². The molecule has 8 nitrogen and oxygen atoms in total. The molecule has 1 N–H and O–H groups in total. The molecule has 10 heteroatoms. The van der Waals surface area contributed by atoms with Crippen molar-refractivity contribution in [3.8, 4) is 0 Å². The minimum Gasteiger partial charge on any atom is -0.451 e. The van der Waals surface area contributed by atoms with Crippen molar-refractivity contribution < 1.29 is 22.7 Å². The van der Waals surface area contributed by atoms with E-state index in [4.69, 9.17) is 4.74 Å². The number of aromatic nitrogens is 1. The molecule has 1 aromatic carbocycles. The van der Waals surface area contributed by atoms with Crippen LogP contribution in [0.1, 0.15) is 42.2 Å². The number of carbonyl (C=O) groups is 2. The number of unbranched alkanes of at least 4 members (excludes halogenated alkanes) is 1. The van der Waals surface area contributed by atoms with E-state index in [-0.39, 0.29) is 29.1 Å². The number of anilines is 1. The molecule has 1 aliphatic rings. The number of benzene rings is 1. The first-order valence-corrected chi connectivity index (χ1v) is 13.0. The van der Waals surface area contributed by atoms with Gasteiger partial charge in [-0.25, -0.2) is 18.2 Å². The molecule has 0 spiro atoms. The van der Waals surface area contributed by atoms with Crippen LogP contribution in [-0.2, 0) is 25.9 Å². The molecule has 2 heterocycles. The van der Waals surface area contributed by atoms with Gasteiger partial charge in [0.25, 0.3) is 5.91 Å². The zero-order chi connectivity index (χ0) is 22.3. The molecular weight excluding hydrogens is 438 g/mol. The van der Waals surface area contributed by atoms with Crippen molar-refractivity contribution in [2.24, 2.45) is 0 Å². The molecule has 0 saturated carbocycles. The summed E-state index contributed by atoms with van der Waals surface area (Å²) in [6.07, 6.45) is 2.06. The first kappa shape index (κ1) is 23.2. The summed E-state index contributed by atoms with van der Waals surface area (Å²) in [5.74, 6) is -0.988. The number of rotatable bonds is 10. The fourth-order valence-corrected chi connectivity index (χ4v) is 5.78. The summed E-state index contributed by atoms with van der Waals surface area (Å²) in [6, 6.07) is 9.46. The Bertz CT molecular complexity index is 991. The number of thiazole rings is 1. The molecule has 0 bridgehead atoms. The molecule has 0 radical (unpaired) electrons. The average Bonchev–Trinajstić information content (AvgIpc) is 3.38. The lowest BCUT2D eigenvalue weighted by Gasteiger charge is -2.28. The van der Waals surface area contributed by atoms with Gasteiger partial charge in [0, 0.05) is 24.5 Å². The Morgan fingerprint density at radius 1 is 1.29 bits per heavy atom. The minimum absolute atomic E-state index is 0.0288. The summed E-state index contributed by atoms with van der Waals surface area (Å²) in [6.45, 7) is 2.61. The van der Waals surface area contributed by atoms with Crippen LogP contribution in [0.15, 0.2) is 35.7 Å². The Labute approximate surface area is 186 Å². The molecule has 1 atom stereocenters. The van der Waals surface area contributed by atoms with Gasteiger partial charge in [0.1, 0.15) is 0 Å². The first-order valence-electron chi connectivity index (χ1n) is 10.3. The van der Waals surface area contributed by atoms with Gasteiger partial charge in [0.05, 0.1) is 11.5 Å². The van der Waals surface area contributed by atoms with Crippen LogP contribution < -0.4 is 5.32 Å². The Balaban J connectivity index is 1.52. The molecular formula is C21H27N3O5S2. The lowest BCUT2D eigenvalue weighted by Crippen LogP contribution is -2.43. The molecule has 2 aromatic rings. The largest absolute Gasteiger partial charge is 0.451 e. The van der Waals surface area contributed by atoms with Crippen LogP contribution in [0.3, 0.4) is 0 Å². The molecule has 1 aromatic heterocycles. The van der Waals surface area contributed by atoms with Crippen molar-refractivity contribution in [2.45, 2.75) is 38.8 Å². The van der Waals surface area contributed by atoms with Gasteiger partial charge in [0.15, 0.2) is 27.3 Å². The molecule has 168 valence electrons. The maximum Gasteiger partial charge on any atom is 0.358 e. The van der Waals surface area contributed by atoms with Crippen molar-refractivity contribution in [3.63, 3.8) is 0 Å². The maximum atomic E-state index is 12.7. The van der Waals surface area contributed by atoms with Gasteiger partial charge in [-0.3, -0.25) is 4.79 Å². The highest BCUT2D eigenvalue weighted by Crippen LogP contribution is 2.20. The summed E-state index contributed by atoms with van der Waals surface area (Å²) < 4.78 is 28.8. The van der Waals surface area contributed by atoms with Gasteiger partial charge < -0.3 is 15.0 Å². The zero-order valence-electron chi connectivity index (χ0n) is 17.5. The van der Waals surface area contributed by atoms with Gasteiger partial charge in [-0.1, -0.05) is 43.7 Å². The Kier molecular flexibility index (Phi) is 8.03. The smallest absolute Gasteiger partial charge is 0.358 e. The van der Waals surface area contributed by atoms with E-state index in [1.165, 1.54) is 11.3 Å². The molecule has 1 amide bonds. The van der Waals surface area contributed by atoms with Crippen LogP contribution in [0, 0.1) is 0 Å². The number of esters is 1. The van der Waals surface area contributed by atoms with E-state index in [2.05, 4.69) is 10.3 Å². The van der Waals surface area contributed by atoms with E-state index in [0.717, 1.165) is 18.4 Å². The summed E-state index contributed by atoms with van der Waals surface area (Å²) in [7, 11) is -3.11. The van der Waals surface area contributed by atoms with E-state index in [1.54, 1.807) is 10.3 Å². The zero-order valence-corrected chi connectivity index (χ0v) is 19.1. The molecule has 31 heavy (non-hydrogen) atoms. The van der Waals surface area contributed by atoms with Crippen LogP contribution in [0.25, 0.3) is 0 Å². The van der Waals surface area contributed by atoms with Crippen molar-refractivity contribution in [3.05, 3.63) is 47.0 Å². The predicted molar refractivity (Wildman–Crippen MR) is 120 cm³/mol. The minimum atomic E-state index is -3.11. The lowest BCUT2D eigenvalue weighted by molar-refractivity contribution is -0.136. The summed E-state index contributed by atoms with van der Waals surface area (Å²) in [5.41, 5.74) is 1.23. The monoisotopic (exact) mass is 465 g/mol. The highest BCUT2D eigenvalue weighted by molar-refractivity contribution is 7.91. The van der Waals surface area contributed by atoms with Gasteiger partial charge >= 0.3 is 5.97 Å². The van der Waals surface area contributed by atoms with Crippen LogP contribution in [0.5, 0.6) is 0 Å². The number of ether oxygens (including phenoxy) is 1. The van der Waals surface area contributed by atoms with Gasteiger partial charge in [0.2, 0.25) is 0 Å². The molecule has 1 aliphatic heterocycles. The number of carbonyl (C=O) groups excluding carboxylic acids is 2. The molecule has 0 aliphatic carbocycles. The number of amides is 1. The number of nitrogens with zero attached hydrogens (tertiary/aromatic N) is 2. The number of nitrogens with one attached hydrogen (secondary N) is 1. The van der Waals surface area contributed by atoms with E-state index >= 15 is 0 Å². The van der Waals surface area contributed by atoms with E-state index < -0.39 is 22.4 Å². The molecule has 3 rings (SSSR count). The van der Waals surface area contributed by atoms with Crippen molar-refractivity contribution in [1.82, 2.24) is 9.88 Å². The van der Waals surface area contributed by atoms with Crippen LogP contribution in [0.4, 0.5) is 5.13 Å². The quantitative estimate of drug-likeness (QED) is 0.538. The molecule has 1 unspecified atom stereocenters.